The summed E-state index contributed by atoms with van der Waals surface area (Å²) in [5.74, 6) is 4.01. The Morgan fingerprint density at radius 3 is 2.09 bits per heavy atom. The quantitative estimate of drug-likeness (QED) is 0.0390. The molecule has 2 unspecified atom stereocenters. The number of nitrogens with zero attached hydrogens (tertiary/aromatic N) is 5. The van der Waals surface area contributed by atoms with Gasteiger partial charge in [0.2, 0.25) is 5.91 Å². The summed E-state index contributed by atoms with van der Waals surface area (Å²) in [6.45, 7) is 8.37. The van der Waals surface area contributed by atoms with Crippen molar-refractivity contribution in [3.05, 3.63) is 112 Å². The van der Waals surface area contributed by atoms with Crippen molar-refractivity contribution in [2.24, 2.45) is 10.8 Å². The second-order valence-electron chi connectivity index (χ2n) is 20.7. The van der Waals surface area contributed by atoms with E-state index >= 15 is 4.39 Å². The van der Waals surface area contributed by atoms with Crippen molar-refractivity contribution >= 4 is 41.4 Å². The lowest BCUT2D eigenvalue weighted by Gasteiger charge is -2.47. The second-order valence-corrected chi connectivity index (χ2v) is 21.1. The number of aliphatic hydroxyl groups excluding tert-OH is 1. The Hall–Kier alpha value is -6.57. The molecule has 4 aromatic rings. The molecule has 4 amide bonds. The number of carbonyl (C=O) groups is 4. The Morgan fingerprint density at radius 2 is 1.55 bits per heavy atom. The number of carboxylic acid groups (broad SMARTS) is 1. The average molecular weight is 1060 g/mol. The van der Waals surface area contributed by atoms with E-state index in [4.69, 9.17) is 21.3 Å². The first-order chi connectivity index (χ1) is 35.4. The third-order valence-corrected chi connectivity index (χ3v) is 14.2. The summed E-state index contributed by atoms with van der Waals surface area (Å²) in [6.07, 6.45) is -4.39. The maximum Gasteiger partial charge on any atom is 0.407 e. The lowest BCUT2D eigenvalue weighted by molar-refractivity contribution is -0.220. The van der Waals surface area contributed by atoms with Crippen LogP contribution in [0.25, 0.3) is 11.3 Å². The number of hydrogen-bond donors (Lipinski definition) is 6. The van der Waals surface area contributed by atoms with E-state index in [9.17, 15) is 42.6 Å². The number of aliphatic hydroxyl groups is 1. The smallest absolute Gasteiger partial charge is 0.407 e. The van der Waals surface area contributed by atoms with Crippen molar-refractivity contribution in [3.63, 3.8) is 0 Å². The molecule has 2 aromatic carbocycles. The van der Waals surface area contributed by atoms with Gasteiger partial charge in [0.05, 0.1) is 49.6 Å². The van der Waals surface area contributed by atoms with E-state index in [0.29, 0.717) is 59.9 Å². The minimum Gasteiger partial charge on any atom is -0.465 e. The number of nitrogens with one attached hydrogen (secondary N) is 4. The number of pyridine rings is 2. The molecule has 2 aromatic heterocycles. The Bertz CT molecular complexity index is 2700. The lowest BCUT2D eigenvalue weighted by Crippen LogP contribution is -2.63. The second kappa shape index (κ2) is 23.5. The fourth-order valence-corrected chi connectivity index (χ4v) is 9.76. The van der Waals surface area contributed by atoms with E-state index in [2.05, 4.69) is 47.4 Å². The predicted molar refractivity (Wildman–Crippen MR) is 271 cm³/mol. The maximum atomic E-state index is 16.1. The topological polar surface area (TPSA) is 211 Å². The standard InChI is InChI=1S/C53H62ClF4N9O8/c1-51(2,3)45(62-49(71)72)48(70)64-66(27-38-39(54)22-34(23-40(38)55)41-9-7-8-20-59-41)28-43(68)42(61-47(69)46(63-50(73)74-6)52(4,5)53(56,57)58)21-32-13-10-31(11-14-32)12-15-33-16-19-44(60-24-33)65-25-35-17-18-36(26-65)67(35)37-29-75-30-37/h7-11,13-14,16,19-20,22-24,35-37,42-43,45-46,62,68H,17-18,21,25-30H2,1-6H3,(H,61,69)(H,63,73)(H,64,70)(H,71,72)/t35?,36?,42-,43-,45+,46+/m0/s1. The van der Waals surface area contributed by atoms with Gasteiger partial charge >= 0.3 is 18.4 Å². The van der Waals surface area contributed by atoms with Gasteiger partial charge in [0, 0.05) is 77.9 Å². The number of fused-ring (bicyclic) bond motifs is 2. The van der Waals surface area contributed by atoms with Crippen LogP contribution in [0, 0.1) is 28.5 Å². The summed E-state index contributed by atoms with van der Waals surface area (Å²) in [7, 11) is 0.914. The summed E-state index contributed by atoms with van der Waals surface area (Å²) >= 11 is 6.67. The molecule has 3 saturated heterocycles. The van der Waals surface area contributed by atoms with Crippen LogP contribution >= 0.6 is 11.6 Å². The van der Waals surface area contributed by atoms with Crippen molar-refractivity contribution in [2.75, 3.05) is 44.9 Å². The molecule has 75 heavy (non-hydrogen) atoms. The highest BCUT2D eigenvalue weighted by molar-refractivity contribution is 6.31. The number of aromatic nitrogens is 2. The van der Waals surface area contributed by atoms with Gasteiger partial charge in [-0.15, -0.1) is 0 Å². The number of carbonyl (C=O) groups excluding carboxylic acids is 3. The molecule has 22 heteroatoms. The summed E-state index contributed by atoms with van der Waals surface area (Å²) in [4.78, 5) is 66.2. The van der Waals surface area contributed by atoms with E-state index in [1.165, 1.54) is 18.3 Å². The molecule has 3 fully saturated rings. The molecule has 6 N–H and O–H groups in total. The molecule has 7 rings (SSSR count). The number of alkyl carbamates (subject to hydrolysis) is 1. The number of methoxy groups -OCH3 is 1. The third-order valence-electron chi connectivity index (χ3n) is 13.9. The summed E-state index contributed by atoms with van der Waals surface area (Å²) < 4.78 is 69.8. The van der Waals surface area contributed by atoms with Crippen LogP contribution in [0.3, 0.4) is 0 Å². The number of ether oxygens (including phenoxy) is 2. The summed E-state index contributed by atoms with van der Waals surface area (Å²) in [5, 5.41) is 29.4. The molecular formula is C53H62ClF4N9O8. The first-order valence-electron chi connectivity index (χ1n) is 24.4. The van der Waals surface area contributed by atoms with Crippen molar-refractivity contribution in [2.45, 2.75) is 109 Å². The van der Waals surface area contributed by atoms with Gasteiger partial charge in [-0.1, -0.05) is 62.4 Å². The number of piperazine rings is 1. The van der Waals surface area contributed by atoms with Crippen molar-refractivity contribution in [1.29, 1.82) is 0 Å². The van der Waals surface area contributed by atoms with Crippen LogP contribution < -0.4 is 26.3 Å². The number of hydrazine groups is 1. The highest BCUT2D eigenvalue weighted by Crippen LogP contribution is 2.41. The SMILES string of the molecule is COC(=O)N[C@H](C(=O)N[C@@H](Cc1ccc(C#Cc2ccc(N3CC4CCC(C3)N4C3COC3)nc2)cc1)[C@@H](O)CN(Cc1c(F)cc(-c2ccccn2)cc1Cl)NC(=O)[C@@H](NC(=O)O)C(C)(C)C)C(C)(C)C(F)(F)F. The van der Waals surface area contributed by atoms with Crippen LogP contribution in [0.15, 0.2) is 79.1 Å². The van der Waals surface area contributed by atoms with Crippen molar-refractivity contribution in [3.8, 4) is 23.1 Å². The van der Waals surface area contributed by atoms with Crippen LogP contribution in [-0.4, -0.2) is 143 Å². The summed E-state index contributed by atoms with van der Waals surface area (Å²) in [5.41, 5.74) is 0.936. The van der Waals surface area contributed by atoms with E-state index in [0.717, 1.165) is 57.1 Å². The number of anilines is 1. The molecule has 0 aliphatic carbocycles. The van der Waals surface area contributed by atoms with Crippen LogP contribution in [0.1, 0.15) is 69.7 Å². The molecule has 0 spiro atoms. The Balaban J connectivity index is 1.15. The third kappa shape index (κ3) is 13.8. The minimum absolute atomic E-state index is 0.108. The first kappa shape index (κ1) is 56.2. The zero-order valence-corrected chi connectivity index (χ0v) is 43.1. The molecule has 3 aliphatic heterocycles. The zero-order chi connectivity index (χ0) is 54.4. The molecule has 0 radical (unpaired) electrons. The van der Waals surface area contributed by atoms with Gasteiger partial charge in [-0.3, -0.25) is 24.9 Å². The first-order valence-corrected chi connectivity index (χ1v) is 24.8. The maximum absolute atomic E-state index is 16.1. The number of alkyl halides is 3. The van der Waals surface area contributed by atoms with Crippen LogP contribution in [0.2, 0.25) is 5.02 Å². The molecule has 5 heterocycles. The van der Waals surface area contributed by atoms with Gasteiger partial charge in [-0.05, 0) is 92.6 Å². The number of benzene rings is 2. The normalized spacial score (nSPS) is 18.7. The number of amides is 4. The molecule has 6 atom stereocenters. The average Bonchev–Trinajstić information content (AvgIpc) is 3.57. The largest absolute Gasteiger partial charge is 0.465 e. The van der Waals surface area contributed by atoms with E-state index in [1.54, 1.807) is 69.4 Å². The number of halogens is 5. The van der Waals surface area contributed by atoms with Crippen molar-refractivity contribution < 1.29 is 56.4 Å². The minimum atomic E-state index is -5.04. The molecule has 17 nitrogen and oxygen atoms in total. The fourth-order valence-electron chi connectivity index (χ4n) is 9.50. The van der Waals surface area contributed by atoms with Crippen LogP contribution in [-0.2, 0) is 32.0 Å². The van der Waals surface area contributed by atoms with Gasteiger partial charge in [-0.2, -0.15) is 13.2 Å². The highest BCUT2D eigenvalue weighted by Gasteiger charge is 2.56. The van der Waals surface area contributed by atoms with Gasteiger partial charge in [0.25, 0.3) is 5.91 Å². The molecule has 2 bridgehead atoms. The van der Waals surface area contributed by atoms with Crippen LogP contribution in [0.5, 0.6) is 0 Å². The molecular weight excluding hydrogens is 1000 g/mol. The fraction of sp³-hybridized carbons (Fsp3) is 0.472. The molecule has 0 saturated carbocycles. The van der Waals surface area contributed by atoms with Crippen LogP contribution in [0.4, 0.5) is 33.0 Å². The monoisotopic (exact) mass is 1060 g/mol. The molecule has 3 aliphatic rings. The highest BCUT2D eigenvalue weighted by atomic mass is 35.5. The van der Waals surface area contributed by atoms with E-state index < -0.39 is 84.1 Å². The van der Waals surface area contributed by atoms with Gasteiger partial charge < -0.3 is 40.5 Å². The van der Waals surface area contributed by atoms with E-state index in [1.807, 2.05) is 17.4 Å². The molecule has 402 valence electrons. The Kier molecular flexibility index (Phi) is 17.6. The number of rotatable bonds is 17. The summed E-state index contributed by atoms with van der Waals surface area (Å²) in [6, 6.07) is 14.4. The lowest BCUT2D eigenvalue weighted by atomic mass is 9.82. The Labute approximate surface area is 437 Å². The van der Waals surface area contributed by atoms with Gasteiger partial charge in [0.1, 0.15) is 23.7 Å². The number of hydrogen-bond acceptors (Lipinski definition) is 12. The van der Waals surface area contributed by atoms with Gasteiger partial charge in [0.15, 0.2) is 0 Å². The van der Waals surface area contributed by atoms with Gasteiger partial charge in [-0.25, -0.2) is 24.0 Å². The van der Waals surface area contributed by atoms with Crippen molar-refractivity contribution in [1.82, 2.24) is 41.3 Å². The van der Waals surface area contributed by atoms with E-state index in [-0.39, 0.29) is 17.0 Å². The predicted octanol–water partition coefficient (Wildman–Crippen LogP) is 6.30. The Morgan fingerprint density at radius 1 is 0.880 bits per heavy atom. The zero-order valence-electron chi connectivity index (χ0n) is 42.4.